The molecule has 2 nitrogen and oxygen atoms in total. The van der Waals surface area contributed by atoms with E-state index in [1.165, 1.54) is 0 Å². The molecule has 1 aliphatic rings. The molecule has 0 aromatic carbocycles. The highest BCUT2D eigenvalue weighted by Gasteiger charge is 2.32. The van der Waals surface area contributed by atoms with Gasteiger partial charge in [0.05, 0.1) is 6.04 Å². The molecule has 64 valence electrons. The second-order valence-electron chi connectivity index (χ2n) is 3.91. The van der Waals surface area contributed by atoms with E-state index in [1.807, 2.05) is 0 Å². The summed E-state index contributed by atoms with van der Waals surface area (Å²) < 4.78 is 0. The Bertz CT molecular complexity index is 150. The lowest BCUT2D eigenvalue weighted by Gasteiger charge is -2.11. The first-order valence-corrected chi connectivity index (χ1v) is 4.40. The van der Waals surface area contributed by atoms with Gasteiger partial charge in [-0.2, -0.15) is 0 Å². The first kappa shape index (κ1) is 8.72. The lowest BCUT2D eigenvalue weighted by molar-refractivity contribution is -0.121. The van der Waals surface area contributed by atoms with Crippen LogP contribution in [-0.4, -0.2) is 11.8 Å². The van der Waals surface area contributed by atoms with Gasteiger partial charge in [-0.05, 0) is 25.2 Å². The Balaban J connectivity index is 2.27. The average molecular weight is 155 g/mol. The summed E-state index contributed by atoms with van der Waals surface area (Å²) in [7, 11) is 0. The molecule has 1 rings (SSSR count). The molecule has 0 saturated heterocycles. The van der Waals surface area contributed by atoms with E-state index in [0.29, 0.717) is 17.6 Å². The van der Waals surface area contributed by atoms with Crippen LogP contribution < -0.4 is 5.73 Å². The van der Waals surface area contributed by atoms with Gasteiger partial charge in [0.15, 0.2) is 5.78 Å². The van der Waals surface area contributed by atoms with Gasteiger partial charge >= 0.3 is 0 Å². The van der Waals surface area contributed by atoms with Gasteiger partial charge < -0.3 is 5.73 Å². The summed E-state index contributed by atoms with van der Waals surface area (Å²) in [5, 5.41) is 0. The summed E-state index contributed by atoms with van der Waals surface area (Å²) >= 11 is 0. The Morgan fingerprint density at radius 1 is 1.55 bits per heavy atom. The van der Waals surface area contributed by atoms with Crippen LogP contribution in [0.15, 0.2) is 0 Å². The Hall–Kier alpha value is -0.370. The third-order valence-corrected chi connectivity index (χ3v) is 2.07. The van der Waals surface area contributed by atoms with Crippen molar-refractivity contribution in [1.29, 1.82) is 0 Å². The standard InChI is InChI=1S/C9H17NO/c1-6(2)5-8(10)9(11)7-3-4-7/h6-8H,3-5,10H2,1-2H3/t8-/m1/s1. The lowest BCUT2D eigenvalue weighted by Crippen LogP contribution is -2.32. The molecular formula is C9H17NO. The molecule has 1 aliphatic carbocycles. The maximum absolute atomic E-state index is 11.3. The molecule has 0 unspecified atom stereocenters. The predicted octanol–water partition coefficient (Wildman–Crippen LogP) is 1.34. The van der Waals surface area contributed by atoms with Crippen molar-refractivity contribution in [1.82, 2.24) is 0 Å². The van der Waals surface area contributed by atoms with Crippen LogP contribution in [0.2, 0.25) is 0 Å². The summed E-state index contributed by atoms with van der Waals surface area (Å²) in [5.74, 6) is 1.15. The van der Waals surface area contributed by atoms with E-state index in [1.54, 1.807) is 0 Å². The Morgan fingerprint density at radius 2 is 2.09 bits per heavy atom. The number of carbonyl (C=O) groups is 1. The van der Waals surface area contributed by atoms with E-state index >= 15 is 0 Å². The van der Waals surface area contributed by atoms with Crippen LogP contribution in [0.3, 0.4) is 0 Å². The van der Waals surface area contributed by atoms with Crippen molar-refractivity contribution in [2.75, 3.05) is 0 Å². The fourth-order valence-electron chi connectivity index (χ4n) is 1.29. The number of hydrogen-bond acceptors (Lipinski definition) is 2. The van der Waals surface area contributed by atoms with Gasteiger partial charge in [-0.25, -0.2) is 0 Å². The highest BCUT2D eigenvalue weighted by molar-refractivity contribution is 5.87. The van der Waals surface area contributed by atoms with Crippen molar-refractivity contribution in [3.63, 3.8) is 0 Å². The second kappa shape index (κ2) is 3.35. The quantitative estimate of drug-likeness (QED) is 0.665. The van der Waals surface area contributed by atoms with Crippen LogP contribution in [0.4, 0.5) is 0 Å². The number of nitrogens with two attached hydrogens (primary N) is 1. The molecule has 2 heteroatoms. The molecule has 0 bridgehead atoms. The predicted molar refractivity (Wildman–Crippen MR) is 45.2 cm³/mol. The van der Waals surface area contributed by atoms with Crippen LogP contribution >= 0.6 is 0 Å². The molecule has 0 aromatic rings. The van der Waals surface area contributed by atoms with E-state index in [-0.39, 0.29) is 6.04 Å². The van der Waals surface area contributed by atoms with E-state index in [2.05, 4.69) is 13.8 Å². The molecule has 0 aliphatic heterocycles. The largest absolute Gasteiger partial charge is 0.321 e. The first-order chi connectivity index (χ1) is 5.11. The number of carbonyl (C=O) groups excluding carboxylic acids is 1. The second-order valence-corrected chi connectivity index (χ2v) is 3.91. The summed E-state index contributed by atoms with van der Waals surface area (Å²) in [4.78, 5) is 11.3. The molecule has 0 aromatic heterocycles. The van der Waals surface area contributed by atoms with Crippen molar-refractivity contribution < 1.29 is 4.79 Å². The third-order valence-electron chi connectivity index (χ3n) is 2.07. The van der Waals surface area contributed by atoms with Gasteiger partial charge in [-0.3, -0.25) is 4.79 Å². The smallest absolute Gasteiger partial charge is 0.152 e. The molecule has 1 saturated carbocycles. The van der Waals surface area contributed by atoms with E-state index in [9.17, 15) is 4.79 Å². The summed E-state index contributed by atoms with van der Waals surface area (Å²) in [6.45, 7) is 4.19. The Kier molecular flexibility index (Phi) is 2.66. The van der Waals surface area contributed by atoms with Crippen LogP contribution in [0.5, 0.6) is 0 Å². The molecule has 0 spiro atoms. The number of Topliss-reactive ketones (excluding diaryl/α,β-unsaturated/α-hetero) is 1. The Morgan fingerprint density at radius 3 is 2.45 bits per heavy atom. The molecule has 2 N–H and O–H groups in total. The normalized spacial score (nSPS) is 20.4. The van der Waals surface area contributed by atoms with E-state index < -0.39 is 0 Å². The van der Waals surface area contributed by atoms with Gasteiger partial charge in [0.2, 0.25) is 0 Å². The highest BCUT2D eigenvalue weighted by Crippen LogP contribution is 2.31. The molecular weight excluding hydrogens is 138 g/mol. The van der Waals surface area contributed by atoms with Crippen LogP contribution in [0.25, 0.3) is 0 Å². The number of ketones is 1. The van der Waals surface area contributed by atoms with Crippen molar-refractivity contribution in [3.05, 3.63) is 0 Å². The Labute approximate surface area is 68.2 Å². The van der Waals surface area contributed by atoms with E-state index in [0.717, 1.165) is 19.3 Å². The van der Waals surface area contributed by atoms with Crippen molar-refractivity contribution >= 4 is 5.78 Å². The minimum Gasteiger partial charge on any atom is -0.321 e. The van der Waals surface area contributed by atoms with Gasteiger partial charge in [0, 0.05) is 5.92 Å². The fourth-order valence-corrected chi connectivity index (χ4v) is 1.29. The summed E-state index contributed by atoms with van der Waals surface area (Å²) in [5.41, 5.74) is 5.71. The average Bonchev–Trinajstić information content (AvgIpc) is 2.65. The maximum atomic E-state index is 11.3. The SMILES string of the molecule is CC(C)C[C@@H](N)C(=O)C1CC1. The van der Waals surface area contributed by atoms with Gasteiger partial charge in [0.1, 0.15) is 0 Å². The van der Waals surface area contributed by atoms with E-state index in [4.69, 9.17) is 5.73 Å². The highest BCUT2D eigenvalue weighted by atomic mass is 16.1. The van der Waals surface area contributed by atoms with Crippen LogP contribution in [0.1, 0.15) is 33.1 Å². The third kappa shape index (κ3) is 2.62. The molecule has 0 radical (unpaired) electrons. The molecule has 0 amide bonds. The molecule has 1 fully saturated rings. The summed E-state index contributed by atoms with van der Waals surface area (Å²) in [6, 6.07) is -0.192. The number of rotatable bonds is 4. The van der Waals surface area contributed by atoms with Gasteiger partial charge in [0.25, 0.3) is 0 Å². The van der Waals surface area contributed by atoms with Gasteiger partial charge in [-0.1, -0.05) is 13.8 Å². The van der Waals surface area contributed by atoms with Crippen molar-refractivity contribution in [2.45, 2.75) is 39.2 Å². The zero-order chi connectivity index (χ0) is 8.43. The number of hydrogen-bond donors (Lipinski definition) is 1. The minimum absolute atomic E-state index is 0.192. The molecule has 11 heavy (non-hydrogen) atoms. The van der Waals surface area contributed by atoms with Crippen molar-refractivity contribution in [3.8, 4) is 0 Å². The fraction of sp³-hybridized carbons (Fsp3) is 0.889. The van der Waals surface area contributed by atoms with Crippen molar-refractivity contribution in [2.24, 2.45) is 17.6 Å². The zero-order valence-electron chi connectivity index (χ0n) is 7.34. The molecule has 1 atom stereocenters. The maximum Gasteiger partial charge on any atom is 0.152 e. The summed E-state index contributed by atoms with van der Waals surface area (Å²) in [6.07, 6.45) is 2.99. The lowest BCUT2D eigenvalue weighted by atomic mass is 9.99. The zero-order valence-corrected chi connectivity index (χ0v) is 7.34. The van der Waals surface area contributed by atoms with Gasteiger partial charge in [-0.15, -0.1) is 0 Å². The topological polar surface area (TPSA) is 43.1 Å². The van der Waals surface area contributed by atoms with Crippen LogP contribution in [-0.2, 0) is 4.79 Å². The minimum atomic E-state index is -0.192. The van der Waals surface area contributed by atoms with Crippen LogP contribution in [0, 0.1) is 11.8 Å². The molecule has 0 heterocycles. The first-order valence-electron chi connectivity index (χ1n) is 4.40. The monoisotopic (exact) mass is 155 g/mol.